The monoisotopic (exact) mass is 472 g/mol. The third kappa shape index (κ3) is 7.09. The first-order valence-corrected chi connectivity index (χ1v) is 19.0. The molecule has 1 rings (SSSR count). The van der Waals surface area contributed by atoms with Gasteiger partial charge in [-0.1, -0.05) is 0 Å². The van der Waals surface area contributed by atoms with Gasteiger partial charge in [0.1, 0.15) is 0 Å². The van der Waals surface area contributed by atoms with Gasteiger partial charge in [-0.15, -0.1) is 0 Å². The van der Waals surface area contributed by atoms with Crippen LogP contribution in [-0.2, 0) is 9.84 Å². The molecular weight excluding hydrogens is 435 g/mol. The summed E-state index contributed by atoms with van der Waals surface area (Å²) in [4.78, 5) is 0.442. The molecule has 25 heavy (non-hydrogen) atoms. The Kier molecular flexibility index (Phi) is 10.4. The van der Waals surface area contributed by atoms with Crippen molar-refractivity contribution in [2.75, 3.05) is 5.75 Å². The van der Waals surface area contributed by atoms with E-state index in [4.69, 9.17) is 0 Å². The number of unbranched alkanes of at least 4 members (excludes halogenated alkanes) is 3. The molecule has 0 N–H and O–H groups in total. The molecule has 0 saturated carbocycles. The molecule has 0 saturated heterocycles. The van der Waals surface area contributed by atoms with Crippen LogP contribution < -0.4 is 0 Å². The van der Waals surface area contributed by atoms with E-state index in [9.17, 15) is 8.42 Å². The van der Waals surface area contributed by atoms with E-state index < -0.39 is 28.2 Å². The van der Waals surface area contributed by atoms with Crippen LogP contribution in [-0.4, -0.2) is 32.5 Å². The summed E-state index contributed by atoms with van der Waals surface area (Å²) < 4.78 is 30.7. The molecular formula is C21H36O2SSn. The van der Waals surface area contributed by atoms with E-state index >= 15 is 0 Å². The summed E-state index contributed by atoms with van der Waals surface area (Å²) in [5.41, 5.74) is 0. The molecule has 0 aliphatic rings. The van der Waals surface area contributed by atoms with E-state index in [1.807, 2.05) is 6.07 Å². The van der Waals surface area contributed by atoms with Crippen molar-refractivity contribution in [2.45, 2.75) is 77.5 Å². The van der Waals surface area contributed by atoms with Crippen LogP contribution in [0.25, 0.3) is 0 Å². The number of hydrogen-bond acceptors (Lipinski definition) is 2. The van der Waals surface area contributed by atoms with Crippen LogP contribution >= 0.6 is 0 Å². The number of benzene rings is 1. The van der Waals surface area contributed by atoms with Gasteiger partial charge in [0.05, 0.1) is 0 Å². The van der Waals surface area contributed by atoms with E-state index in [1.165, 1.54) is 51.8 Å². The zero-order chi connectivity index (χ0) is 18.8. The van der Waals surface area contributed by atoms with Crippen LogP contribution in [0.15, 0.2) is 45.4 Å². The summed E-state index contributed by atoms with van der Waals surface area (Å²) in [7, 11) is -3.26. The molecule has 0 spiro atoms. The Morgan fingerprint density at radius 3 is 1.72 bits per heavy atom. The van der Waals surface area contributed by atoms with E-state index in [2.05, 4.69) is 27.4 Å². The standard InChI is InChI=1S/C9H9O2S.3C4H9.Sn/c1-2-8-12(10,11)9-6-4-3-5-7-9;3*1-3-4-2;/h3-7H,1,8H2;3*1,3-4H2,2H3;. The first-order chi connectivity index (χ1) is 11.9. The third-order valence-corrected chi connectivity index (χ3v) is 23.7. The molecule has 1 aromatic rings. The van der Waals surface area contributed by atoms with E-state index in [-0.39, 0.29) is 5.75 Å². The van der Waals surface area contributed by atoms with Crippen LogP contribution in [0.4, 0.5) is 0 Å². The van der Waals surface area contributed by atoms with Crippen molar-refractivity contribution >= 4 is 28.2 Å². The van der Waals surface area contributed by atoms with Gasteiger partial charge in [0.2, 0.25) is 0 Å². The van der Waals surface area contributed by atoms with E-state index in [1.54, 1.807) is 24.3 Å². The Hall–Kier alpha value is -0.291. The van der Waals surface area contributed by atoms with E-state index in [0.717, 1.165) is 3.59 Å². The Morgan fingerprint density at radius 1 is 0.880 bits per heavy atom. The third-order valence-electron chi connectivity index (χ3n) is 5.24. The number of hydrogen-bond donors (Lipinski definition) is 0. The maximum absolute atomic E-state index is 12.9. The summed E-state index contributed by atoms with van der Waals surface area (Å²) in [6, 6.07) is 8.89. The molecule has 2 nitrogen and oxygen atoms in total. The summed E-state index contributed by atoms with van der Waals surface area (Å²) in [5, 5.41) is 0. The second-order valence-corrected chi connectivity index (χ2v) is 22.9. The molecule has 0 heterocycles. The Bertz CT molecular complexity index is 586. The molecule has 142 valence electrons. The minimum absolute atomic E-state index is 0.171. The van der Waals surface area contributed by atoms with Crippen LogP contribution in [0.3, 0.4) is 0 Å². The molecule has 0 amide bonds. The fraction of sp³-hybridized carbons (Fsp3) is 0.619. The summed E-state index contributed by atoms with van der Waals surface area (Å²) in [6.45, 7) is 11.1. The zero-order valence-electron chi connectivity index (χ0n) is 16.4. The van der Waals surface area contributed by atoms with Crippen LogP contribution in [0.1, 0.15) is 59.3 Å². The van der Waals surface area contributed by atoms with E-state index in [0.29, 0.717) is 4.90 Å². The fourth-order valence-corrected chi connectivity index (χ4v) is 23.3. The molecule has 4 heteroatoms. The number of rotatable bonds is 13. The van der Waals surface area contributed by atoms with Gasteiger partial charge in [0, 0.05) is 0 Å². The van der Waals surface area contributed by atoms with Gasteiger partial charge in [-0.3, -0.25) is 0 Å². The van der Waals surface area contributed by atoms with Crippen molar-refractivity contribution < 1.29 is 8.42 Å². The Labute approximate surface area is 159 Å². The second kappa shape index (κ2) is 11.4. The Balaban J connectivity index is 3.07. The van der Waals surface area contributed by atoms with Crippen LogP contribution in [0, 0.1) is 0 Å². The van der Waals surface area contributed by atoms with Crippen LogP contribution in [0.5, 0.6) is 0 Å². The summed E-state index contributed by atoms with van der Waals surface area (Å²) in [6.07, 6.45) is 7.26. The van der Waals surface area contributed by atoms with Crippen LogP contribution in [0.2, 0.25) is 13.3 Å². The van der Waals surface area contributed by atoms with Gasteiger partial charge in [-0.25, -0.2) is 0 Å². The second-order valence-electron chi connectivity index (χ2n) is 7.27. The first kappa shape index (κ1) is 22.7. The molecule has 0 aromatic heterocycles. The predicted molar refractivity (Wildman–Crippen MR) is 113 cm³/mol. The molecule has 0 bridgehead atoms. The minimum atomic E-state index is -3.26. The molecule has 0 radical (unpaired) electrons. The molecule has 0 atom stereocenters. The molecule has 0 unspecified atom stereocenters. The molecule has 1 aromatic carbocycles. The SMILES string of the molecule is C=[C](CS(=O)(=O)c1ccccc1)[Sn]([CH2]CCC)([CH2]CCC)[CH2]CCC. The van der Waals surface area contributed by atoms with Gasteiger partial charge < -0.3 is 0 Å². The van der Waals surface area contributed by atoms with Crippen molar-refractivity contribution in [3.05, 3.63) is 40.5 Å². The van der Waals surface area contributed by atoms with Crippen molar-refractivity contribution in [1.82, 2.24) is 0 Å². The van der Waals surface area contributed by atoms with Crippen molar-refractivity contribution in [1.29, 1.82) is 0 Å². The van der Waals surface area contributed by atoms with Crippen molar-refractivity contribution in [2.24, 2.45) is 0 Å². The van der Waals surface area contributed by atoms with Crippen molar-refractivity contribution in [3.63, 3.8) is 0 Å². The average molecular weight is 471 g/mol. The quantitative estimate of drug-likeness (QED) is 0.312. The fourth-order valence-electron chi connectivity index (χ4n) is 3.54. The molecule has 0 aliphatic heterocycles. The predicted octanol–water partition coefficient (Wildman–Crippen LogP) is 6.40. The summed E-state index contributed by atoms with van der Waals surface area (Å²) >= 11 is -2.68. The van der Waals surface area contributed by atoms with Gasteiger partial charge >= 0.3 is 160 Å². The molecule has 0 aliphatic carbocycles. The Morgan fingerprint density at radius 2 is 1.32 bits per heavy atom. The number of sulfone groups is 1. The average Bonchev–Trinajstić information content (AvgIpc) is 2.61. The molecule has 0 fully saturated rings. The van der Waals surface area contributed by atoms with Gasteiger partial charge in [-0.2, -0.15) is 0 Å². The normalized spacial score (nSPS) is 12.3. The van der Waals surface area contributed by atoms with Gasteiger partial charge in [0.25, 0.3) is 0 Å². The van der Waals surface area contributed by atoms with Gasteiger partial charge in [-0.05, 0) is 0 Å². The summed E-state index contributed by atoms with van der Waals surface area (Å²) in [5.74, 6) is 0.171. The topological polar surface area (TPSA) is 34.1 Å². The van der Waals surface area contributed by atoms with Crippen molar-refractivity contribution in [3.8, 4) is 0 Å². The zero-order valence-corrected chi connectivity index (χ0v) is 20.1. The first-order valence-electron chi connectivity index (χ1n) is 9.88. The van der Waals surface area contributed by atoms with Gasteiger partial charge in [0.15, 0.2) is 0 Å². The maximum atomic E-state index is 12.9.